The maximum atomic E-state index is 11.3. The Morgan fingerprint density at radius 1 is 1.03 bits per heavy atom. The van der Waals surface area contributed by atoms with Crippen LogP contribution in [0.5, 0.6) is 5.75 Å². The van der Waals surface area contributed by atoms with E-state index in [4.69, 9.17) is 4.74 Å². The van der Waals surface area contributed by atoms with E-state index in [-0.39, 0.29) is 23.2 Å². The summed E-state index contributed by atoms with van der Waals surface area (Å²) in [5.74, 6) is -0.0990. The largest absolute Gasteiger partial charge is 0.489 e. The number of hydrogen-bond donors (Lipinski definition) is 1. The fraction of sp³-hybridized carbons (Fsp3) is 0.483. The number of aliphatic carboxylic acids is 1. The number of fused-ring (bicyclic) bond motifs is 1. The van der Waals surface area contributed by atoms with Gasteiger partial charge in [0.1, 0.15) is 12.4 Å². The van der Waals surface area contributed by atoms with E-state index in [9.17, 15) is 9.90 Å². The van der Waals surface area contributed by atoms with Gasteiger partial charge in [-0.05, 0) is 71.4 Å². The molecule has 172 valence electrons. The van der Waals surface area contributed by atoms with Gasteiger partial charge >= 0.3 is 5.97 Å². The maximum absolute atomic E-state index is 11.3. The first kappa shape index (κ1) is 24.1. The molecule has 0 unspecified atom stereocenters. The molecule has 3 heteroatoms. The number of carbonyl (C=O) groups is 1. The molecule has 0 bridgehead atoms. The van der Waals surface area contributed by atoms with Gasteiger partial charge in [-0.25, -0.2) is 0 Å². The number of allylic oxidation sites excluding steroid dienone is 2. The Morgan fingerprint density at radius 2 is 1.66 bits per heavy atom. The van der Waals surface area contributed by atoms with Gasteiger partial charge < -0.3 is 9.84 Å². The average molecular weight is 435 g/mol. The summed E-state index contributed by atoms with van der Waals surface area (Å²) in [6.07, 6.45) is 5.50. The lowest BCUT2D eigenvalue weighted by Crippen LogP contribution is -2.33. The van der Waals surface area contributed by atoms with E-state index < -0.39 is 5.97 Å². The van der Waals surface area contributed by atoms with Crippen LogP contribution < -0.4 is 4.74 Å². The molecular formula is C29H38O3. The number of carboxylic acid groups (broad SMARTS) is 1. The standard InChI is InChI=1S/C29H38O3/c1-7-20(2)16-23(18-27(30)31)22-9-11-24(12-10-22)32-19-21-8-13-25-26(17-21)29(5,6)15-14-28(25,3)4/h8-13,16-17,23H,7,14-15,18-19H2,1-6H3,(H,30,31)/b20-16+/t23-/m0/s1. The predicted octanol–water partition coefficient (Wildman–Crippen LogP) is 7.53. The van der Waals surface area contributed by atoms with Gasteiger partial charge in [0, 0.05) is 5.92 Å². The molecule has 1 aliphatic rings. The third-order valence-corrected chi connectivity index (χ3v) is 7.07. The Bertz CT molecular complexity index is 980. The van der Waals surface area contributed by atoms with Crippen molar-refractivity contribution in [2.45, 2.75) is 90.6 Å². The summed E-state index contributed by atoms with van der Waals surface area (Å²) in [5, 5.41) is 9.30. The maximum Gasteiger partial charge on any atom is 0.304 e. The van der Waals surface area contributed by atoms with Crippen molar-refractivity contribution in [3.63, 3.8) is 0 Å². The molecule has 3 rings (SSSR count). The number of rotatable bonds is 8. The van der Waals surface area contributed by atoms with Gasteiger partial charge in [0.25, 0.3) is 0 Å². The van der Waals surface area contributed by atoms with Gasteiger partial charge in [-0.1, -0.05) is 76.6 Å². The van der Waals surface area contributed by atoms with E-state index in [1.54, 1.807) is 0 Å². The van der Waals surface area contributed by atoms with Crippen molar-refractivity contribution in [3.05, 3.63) is 76.4 Å². The minimum absolute atomic E-state index is 0.0960. The molecule has 0 saturated carbocycles. The molecule has 1 N–H and O–H groups in total. The topological polar surface area (TPSA) is 46.5 Å². The zero-order valence-electron chi connectivity index (χ0n) is 20.5. The first-order valence-electron chi connectivity index (χ1n) is 11.8. The van der Waals surface area contributed by atoms with Crippen molar-refractivity contribution in [1.29, 1.82) is 0 Å². The predicted molar refractivity (Wildman–Crippen MR) is 132 cm³/mol. The lowest BCUT2D eigenvalue weighted by molar-refractivity contribution is -0.137. The van der Waals surface area contributed by atoms with Gasteiger partial charge in [0.15, 0.2) is 0 Å². The normalized spacial score (nSPS) is 18.0. The van der Waals surface area contributed by atoms with E-state index in [1.807, 2.05) is 31.2 Å². The fourth-order valence-electron chi connectivity index (χ4n) is 4.63. The number of ether oxygens (including phenoxy) is 1. The van der Waals surface area contributed by atoms with Crippen LogP contribution in [0, 0.1) is 0 Å². The Kier molecular flexibility index (Phi) is 7.17. The molecule has 2 aromatic carbocycles. The monoisotopic (exact) mass is 434 g/mol. The smallest absolute Gasteiger partial charge is 0.304 e. The molecule has 0 amide bonds. The zero-order valence-corrected chi connectivity index (χ0v) is 20.5. The lowest BCUT2D eigenvalue weighted by Gasteiger charge is -2.42. The molecule has 3 nitrogen and oxygen atoms in total. The minimum atomic E-state index is -0.783. The lowest BCUT2D eigenvalue weighted by atomic mass is 9.63. The van der Waals surface area contributed by atoms with Crippen LogP contribution in [-0.4, -0.2) is 11.1 Å². The van der Waals surface area contributed by atoms with E-state index in [0.29, 0.717) is 6.61 Å². The molecule has 0 aromatic heterocycles. The highest BCUT2D eigenvalue weighted by Crippen LogP contribution is 2.46. The van der Waals surface area contributed by atoms with Crippen molar-refractivity contribution in [1.82, 2.24) is 0 Å². The molecule has 1 aliphatic carbocycles. The molecule has 0 aliphatic heterocycles. The van der Waals surface area contributed by atoms with E-state index in [1.165, 1.54) is 35.1 Å². The third kappa shape index (κ3) is 5.62. The molecule has 0 radical (unpaired) electrons. The number of carboxylic acids is 1. The van der Waals surface area contributed by atoms with Gasteiger partial charge in [0.05, 0.1) is 6.42 Å². The molecule has 0 spiro atoms. The van der Waals surface area contributed by atoms with E-state index in [0.717, 1.165) is 17.7 Å². The second-order valence-corrected chi connectivity index (χ2v) is 10.6. The highest BCUT2D eigenvalue weighted by atomic mass is 16.5. The van der Waals surface area contributed by atoms with Crippen LogP contribution in [0.15, 0.2) is 54.1 Å². The van der Waals surface area contributed by atoms with Gasteiger partial charge in [-0.2, -0.15) is 0 Å². The summed E-state index contributed by atoms with van der Waals surface area (Å²) in [6.45, 7) is 14.0. The second kappa shape index (κ2) is 9.52. The Balaban J connectivity index is 1.73. The average Bonchev–Trinajstić information content (AvgIpc) is 2.75. The van der Waals surface area contributed by atoms with E-state index in [2.05, 4.69) is 58.9 Å². The summed E-state index contributed by atoms with van der Waals surface area (Å²) in [6, 6.07) is 14.7. The van der Waals surface area contributed by atoms with Crippen LogP contribution in [0.3, 0.4) is 0 Å². The molecular weight excluding hydrogens is 396 g/mol. The first-order valence-corrected chi connectivity index (χ1v) is 11.8. The molecule has 2 aromatic rings. The quantitative estimate of drug-likeness (QED) is 0.437. The summed E-state index contributed by atoms with van der Waals surface area (Å²) >= 11 is 0. The van der Waals surface area contributed by atoms with Crippen LogP contribution >= 0.6 is 0 Å². The number of benzene rings is 2. The second-order valence-electron chi connectivity index (χ2n) is 10.6. The van der Waals surface area contributed by atoms with Crippen molar-refractivity contribution in [2.24, 2.45) is 0 Å². The highest BCUT2D eigenvalue weighted by Gasteiger charge is 2.36. The first-order chi connectivity index (χ1) is 15.0. The summed E-state index contributed by atoms with van der Waals surface area (Å²) in [5.41, 5.74) is 6.70. The van der Waals surface area contributed by atoms with Crippen molar-refractivity contribution < 1.29 is 14.6 Å². The van der Waals surface area contributed by atoms with Gasteiger partial charge in [-0.3, -0.25) is 4.79 Å². The van der Waals surface area contributed by atoms with Crippen molar-refractivity contribution in [2.75, 3.05) is 0 Å². The van der Waals surface area contributed by atoms with Crippen LogP contribution in [0.25, 0.3) is 0 Å². The van der Waals surface area contributed by atoms with Gasteiger partial charge in [0.2, 0.25) is 0 Å². The van der Waals surface area contributed by atoms with Crippen molar-refractivity contribution >= 4 is 5.97 Å². The molecule has 0 saturated heterocycles. The van der Waals surface area contributed by atoms with Gasteiger partial charge in [-0.15, -0.1) is 0 Å². The Morgan fingerprint density at radius 3 is 2.25 bits per heavy atom. The Hall–Kier alpha value is -2.55. The Labute approximate surface area is 193 Å². The van der Waals surface area contributed by atoms with Crippen molar-refractivity contribution in [3.8, 4) is 5.75 Å². The van der Waals surface area contributed by atoms with Crippen LogP contribution in [-0.2, 0) is 22.2 Å². The number of hydrogen-bond acceptors (Lipinski definition) is 2. The van der Waals surface area contributed by atoms with E-state index >= 15 is 0 Å². The summed E-state index contributed by atoms with van der Waals surface area (Å²) < 4.78 is 6.09. The summed E-state index contributed by atoms with van der Waals surface area (Å²) in [7, 11) is 0. The fourth-order valence-corrected chi connectivity index (χ4v) is 4.63. The molecule has 1 atom stereocenters. The summed E-state index contributed by atoms with van der Waals surface area (Å²) in [4.78, 5) is 11.3. The molecule has 0 heterocycles. The molecule has 32 heavy (non-hydrogen) atoms. The zero-order chi connectivity index (χ0) is 23.5. The molecule has 0 fully saturated rings. The van der Waals surface area contributed by atoms with Crippen LogP contribution in [0.2, 0.25) is 0 Å². The van der Waals surface area contributed by atoms with Crippen LogP contribution in [0.4, 0.5) is 0 Å². The van der Waals surface area contributed by atoms with Crippen LogP contribution in [0.1, 0.15) is 95.4 Å². The minimum Gasteiger partial charge on any atom is -0.489 e. The SMILES string of the molecule is CC/C(C)=C/[C@@H](CC(=O)O)c1ccc(OCc2ccc3c(c2)C(C)(C)CCC3(C)C)cc1. The highest BCUT2D eigenvalue weighted by molar-refractivity contribution is 5.68. The third-order valence-electron chi connectivity index (χ3n) is 7.07.